The summed E-state index contributed by atoms with van der Waals surface area (Å²) in [5.74, 6) is 0. The van der Waals surface area contributed by atoms with E-state index in [9.17, 15) is 8.42 Å². The summed E-state index contributed by atoms with van der Waals surface area (Å²) < 4.78 is 25.3. The Morgan fingerprint density at radius 3 is 2.12 bits per heavy atom. The molecule has 0 atom stereocenters. The van der Waals surface area contributed by atoms with Crippen molar-refractivity contribution < 1.29 is 8.42 Å². The van der Waals surface area contributed by atoms with Crippen LogP contribution in [-0.4, -0.2) is 23.5 Å². The van der Waals surface area contributed by atoms with Crippen LogP contribution in [0.5, 0.6) is 0 Å². The van der Waals surface area contributed by atoms with E-state index in [0.29, 0.717) is 6.54 Å². The van der Waals surface area contributed by atoms with E-state index < -0.39 is 20.8 Å². The van der Waals surface area contributed by atoms with Crippen LogP contribution in [0.2, 0.25) is 0 Å². The number of benzene rings is 1. The van der Waals surface area contributed by atoms with E-state index >= 15 is 0 Å². The van der Waals surface area contributed by atoms with Crippen LogP contribution in [0.15, 0.2) is 30.3 Å². The molecule has 0 aliphatic carbocycles. The fraction of sp³-hybridized carbons (Fsp3) is 0.500. The van der Waals surface area contributed by atoms with Gasteiger partial charge in [-0.05, 0) is 26.3 Å². The lowest BCUT2D eigenvalue weighted by molar-refractivity contribution is 0.244. The van der Waals surface area contributed by atoms with Gasteiger partial charge in [-0.15, -0.1) is 11.6 Å². The molecule has 0 bridgehead atoms. The molecule has 1 aromatic carbocycles. The molecule has 1 rings (SSSR count). The van der Waals surface area contributed by atoms with Crippen molar-refractivity contribution in [1.82, 2.24) is 4.31 Å². The molecule has 17 heavy (non-hydrogen) atoms. The first-order chi connectivity index (χ1) is 7.77. The third kappa shape index (κ3) is 3.98. The van der Waals surface area contributed by atoms with Gasteiger partial charge in [0, 0.05) is 12.1 Å². The van der Waals surface area contributed by atoms with Gasteiger partial charge in [-0.3, -0.25) is 0 Å². The minimum Gasteiger partial charge on any atom is -0.211 e. The standard InChI is InChI=1S/C12H18ClNO2S/c1-12(2,3)14(17(15,16)10-13)9-11-7-5-4-6-8-11/h4-8H,9-10H2,1-3H3. The smallest absolute Gasteiger partial charge is 0.211 e. The average molecular weight is 276 g/mol. The predicted molar refractivity (Wildman–Crippen MR) is 71.4 cm³/mol. The normalized spacial score (nSPS) is 13.0. The average Bonchev–Trinajstić information content (AvgIpc) is 2.25. The molecule has 0 aromatic heterocycles. The van der Waals surface area contributed by atoms with Crippen LogP contribution in [0.3, 0.4) is 0 Å². The van der Waals surface area contributed by atoms with E-state index in [0.717, 1.165) is 5.56 Å². The summed E-state index contributed by atoms with van der Waals surface area (Å²) in [5.41, 5.74) is 0.472. The second-order valence-corrected chi connectivity index (χ2v) is 7.36. The lowest BCUT2D eigenvalue weighted by Gasteiger charge is -2.33. The van der Waals surface area contributed by atoms with Crippen LogP contribution in [0.1, 0.15) is 26.3 Å². The molecule has 3 nitrogen and oxygen atoms in total. The van der Waals surface area contributed by atoms with Crippen molar-refractivity contribution in [1.29, 1.82) is 0 Å². The summed E-state index contributed by atoms with van der Waals surface area (Å²) in [6, 6.07) is 9.50. The molecular formula is C12H18ClNO2S. The molecule has 0 heterocycles. The van der Waals surface area contributed by atoms with Crippen molar-refractivity contribution >= 4 is 21.6 Å². The molecule has 0 saturated carbocycles. The Balaban J connectivity index is 3.03. The summed E-state index contributed by atoms with van der Waals surface area (Å²) in [5, 5.41) is -0.392. The van der Waals surface area contributed by atoms with Gasteiger partial charge in [0.2, 0.25) is 10.0 Å². The highest BCUT2D eigenvalue weighted by Gasteiger charge is 2.31. The Bertz CT molecular complexity index is 451. The van der Waals surface area contributed by atoms with E-state index in [2.05, 4.69) is 0 Å². The number of nitrogens with zero attached hydrogens (tertiary/aromatic N) is 1. The summed E-state index contributed by atoms with van der Waals surface area (Å²) >= 11 is 5.53. The van der Waals surface area contributed by atoms with Crippen molar-refractivity contribution in [2.75, 3.05) is 5.21 Å². The van der Waals surface area contributed by atoms with Crippen molar-refractivity contribution in [3.05, 3.63) is 35.9 Å². The fourth-order valence-electron chi connectivity index (χ4n) is 1.56. The second kappa shape index (κ2) is 5.38. The summed E-state index contributed by atoms with van der Waals surface area (Å²) in [4.78, 5) is 0. The molecule has 0 amide bonds. The zero-order valence-corrected chi connectivity index (χ0v) is 11.9. The molecule has 96 valence electrons. The van der Waals surface area contributed by atoms with Gasteiger partial charge in [0.15, 0.2) is 0 Å². The van der Waals surface area contributed by atoms with Crippen molar-refractivity contribution in [3.63, 3.8) is 0 Å². The quantitative estimate of drug-likeness (QED) is 0.793. The molecule has 0 radical (unpaired) electrons. The van der Waals surface area contributed by atoms with Gasteiger partial charge in [-0.25, -0.2) is 8.42 Å². The van der Waals surface area contributed by atoms with Gasteiger partial charge in [0.25, 0.3) is 0 Å². The first-order valence-electron chi connectivity index (χ1n) is 5.38. The molecule has 0 fully saturated rings. The fourth-order valence-corrected chi connectivity index (χ4v) is 3.21. The highest BCUT2D eigenvalue weighted by atomic mass is 35.5. The topological polar surface area (TPSA) is 37.4 Å². The van der Waals surface area contributed by atoms with Gasteiger partial charge >= 0.3 is 0 Å². The highest BCUT2D eigenvalue weighted by molar-refractivity contribution is 7.90. The maximum atomic E-state index is 11.9. The largest absolute Gasteiger partial charge is 0.228 e. The minimum absolute atomic E-state index is 0.347. The molecule has 1 aromatic rings. The molecule has 0 saturated heterocycles. The number of rotatable bonds is 4. The SMILES string of the molecule is CC(C)(C)N(Cc1ccccc1)S(=O)(=O)CCl. The molecule has 0 aliphatic rings. The predicted octanol–water partition coefficient (Wildman–Crippen LogP) is 2.81. The Morgan fingerprint density at radius 1 is 1.18 bits per heavy atom. The van der Waals surface area contributed by atoms with Crippen LogP contribution < -0.4 is 0 Å². The third-order valence-corrected chi connectivity index (χ3v) is 4.84. The first kappa shape index (κ1) is 14.5. The molecule has 0 N–H and O–H groups in total. The molecule has 0 unspecified atom stereocenters. The zero-order chi connectivity index (χ0) is 13.1. The van der Waals surface area contributed by atoms with Crippen molar-refractivity contribution in [2.45, 2.75) is 32.9 Å². The second-order valence-electron chi connectivity index (χ2n) is 4.88. The molecule has 0 spiro atoms. The van der Waals surface area contributed by atoms with E-state index in [-0.39, 0.29) is 0 Å². The molecular weight excluding hydrogens is 258 g/mol. The summed E-state index contributed by atoms with van der Waals surface area (Å²) in [6.45, 7) is 5.93. The van der Waals surface area contributed by atoms with E-state index in [4.69, 9.17) is 11.6 Å². The number of alkyl halides is 1. The van der Waals surface area contributed by atoms with Gasteiger partial charge in [0.1, 0.15) is 5.21 Å². The zero-order valence-electron chi connectivity index (χ0n) is 10.4. The molecule has 5 heteroatoms. The van der Waals surface area contributed by atoms with Crippen molar-refractivity contribution in [2.24, 2.45) is 0 Å². The van der Waals surface area contributed by atoms with Gasteiger partial charge in [-0.1, -0.05) is 30.3 Å². The third-order valence-electron chi connectivity index (χ3n) is 2.39. The van der Waals surface area contributed by atoms with E-state index in [1.165, 1.54) is 4.31 Å². The number of hydrogen-bond donors (Lipinski definition) is 0. The minimum atomic E-state index is -3.42. The number of sulfonamides is 1. The van der Waals surface area contributed by atoms with Crippen LogP contribution >= 0.6 is 11.6 Å². The maximum Gasteiger partial charge on any atom is 0.228 e. The maximum absolute atomic E-state index is 11.9. The summed E-state index contributed by atoms with van der Waals surface area (Å²) in [6.07, 6.45) is 0. The van der Waals surface area contributed by atoms with E-state index in [1.807, 2.05) is 51.1 Å². The highest BCUT2D eigenvalue weighted by Crippen LogP contribution is 2.22. The van der Waals surface area contributed by atoms with Crippen LogP contribution in [0.4, 0.5) is 0 Å². The van der Waals surface area contributed by atoms with Gasteiger partial charge in [0.05, 0.1) is 0 Å². The molecule has 0 aliphatic heterocycles. The van der Waals surface area contributed by atoms with Crippen LogP contribution in [0, 0.1) is 0 Å². The Hall–Kier alpha value is -0.580. The Labute approximate surface area is 108 Å². The van der Waals surface area contributed by atoms with E-state index in [1.54, 1.807) is 0 Å². The monoisotopic (exact) mass is 275 g/mol. The van der Waals surface area contributed by atoms with Gasteiger partial charge < -0.3 is 0 Å². The Kier molecular flexibility index (Phi) is 4.58. The summed E-state index contributed by atoms with van der Waals surface area (Å²) in [7, 11) is -3.42. The van der Waals surface area contributed by atoms with Crippen molar-refractivity contribution in [3.8, 4) is 0 Å². The Morgan fingerprint density at radius 2 is 1.71 bits per heavy atom. The van der Waals surface area contributed by atoms with Gasteiger partial charge in [-0.2, -0.15) is 4.31 Å². The first-order valence-corrected chi connectivity index (χ1v) is 7.52. The lowest BCUT2D eigenvalue weighted by Crippen LogP contribution is -2.45. The number of hydrogen-bond acceptors (Lipinski definition) is 2. The van der Waals surface area contributed by atoms with Crippen LogP contribution in [-0.2, 0) is 16.6 Å². The lowest BCUT2D eigenvalue weighted by atomic mass is 10.1. The van der Waals surface area contributed by atoms with Crippen LogP contribution in [0.25, 0.3) is 0 Å². The number of halogens is 1.